The average Bonchev–Trinajstić information content (AvgIpc) is 2.06. The van der Waals surface area contributed by atoms with Crippen LogP contribution in [0, 0.1) is 5.41 Å². The first-order valence-electron chi connectivity index (χ1n) is 6.06. The standard InChI is InChI=1S/C15H24O2/c1-14(2,3)9-10-7-11(15(4,5)6)13(17)12(16)8-10/h7-8,16-17H,9H2,1-6H3. The summed E-state index contributed by atoms with van der Waals surface area (Å²) >= 11 is 0. The lowest BCUT2D eigenvalue weighted by Crippen LogP contribution is -2.14. The van der Waals surface area contributed by atoms with E-state index in [1.807, 2.05) is 26.8 Å². The fraction of sp³-hybridized carbons (Fsp3) is 0.600. The smallest absolute Gasteiger partial charge is 0.161 e. The molecule has 0 atom stereocenters. The summed E-state index contributed by atoms with van der Waals surface area (Å²) in [7, 11) is 0. The number of rotatable bonds is 1. The van der Waals surface area contributed by atoms with Gasteiger partial charge in [0.15, 0.2) is 11.5 Å². The highest BCUT2D eigenvalue weighted by Gasteiger charge is 2.22. The van der Waals surface area contributed by atoms with Crippen molar-refractivity contribution >= 4 is 0 Å². The average molecular weight is 236 g/mol. The van der Waals surface area contributed by atoms with Crippen LogP contribution in [-0.2, 0) is 11.8 Å². The van der Waals surface area contributed by atoms with E-state index in [1.54, 1.807) is 6.07 Å². The van der Waals surface area contributed by atoms with Gasteiger partial charge in [-0.2, -0.15) is 0 Å². The predicted octanol–water partition coefficient (Wildman–Crippen LogP) is 3.98. The highest BCUT2D eigenvalue weighted by atomic mass is 16.3. The van der Waals surface area contributed by atoms with Gasteiger partial charge in [-0.25, -0.2) is 0 Å². The first kappa shape index (κ1) is 13.9. The van der Waals surface area contributed by atoms with Crippen LogP contribution in [0.2, 0.25) is 0 Å². The van der Waals surface area contributed by atoms with Crippen molar-refractivity contribution in [1.82, 2.24) is 0 Å². The summed E-state index contributed by atoms with van der Waals surface area (Å²) in [6.07, 6.45) is 0.879. The lowest BCUT2D eigenvalue weighted by Gasteiger charge is -2.24. The highest BCUT2D eigenvalue weighted by Crippen LogP contribution is 2.39. The molecule has 0 radical (unpaired) electrons. The molecule has 0 aromatic heterocycles. The van der Waals surface area contributed by atoms with Gasteiger partial charge < -0.3 is 10.2 Å². The van der Waals surface area contributed by atoms with Crippen LogP contribution in [0.15, 0.2) is 12.1 Å². The summed E-state index contributed by atoms with van der Waals surface area (Å²) in [5.41, 5.74) is 1.86. The molecular formula is C15H24O2. The van der Waals surface area contributed by atoms with E-state index in [0.717, 1.165) is 17.5 Å². The third-order valence-corrected chi connectivity index (χ3v) is 2.69. The molecule has 0 spiro atoms. The quantitative estimate of drug-likeness (QED) is 0.724. The van der Waals surface area contributed by atoms with Gasteiger partial charge in [-0.15, -0.1) is 0 Å². The van der Waals surface area contributed by atoms with E-state index in [1.165, 1.54) is 0 Å². The van der Waals surface area contributed by atoms with Gasteiger partial charge in [0.25, 0.3) is 0 Å². The van der Waals surface area contributed by atoms with Gasteiger partial charge in [0.05, 0.1) is 0 Å². The van der Waals surface area contributed by atoms with Crippen LogP contribution >= 0.6 is 0 Å². The molecule has 0 unspecified atom stereocenters. The molecule has 2 nitrogen and oxygen atoms in total. The molecule has 0 heterocycles. The van der Waals surface area contributed by atoms with Crippen LogP contribution in [-0.4, -0.2) is 10.2 Å². The molecule has 2 heteroatoms. The molecule has 17 heavy (non-hydrogen) atoms. The Morgan fingerprint density at radius 3 is 1.88 bits per heavy atom. The molecule has 0 amide bonds. The Balaban J connectivity index is 3.25. The number of phenolic OH excluding ortho intramolecular Hbond substituents is 2. The summed E-state index contributed by atoms with van der Waals surface area (Å²) in [5, 5.41) is 19.7. The van der Waals surface area contributed by atoms with Crippen LogP contribution < -0.4 is 0 Å². The predicted molar refractivity (Wildman–Crippen MR) is 71.6 cm³/mol. The molecule has 0 bridgehead atoms. The third-order valence-electron chi connectivity index (χ3n) is 2.69. The van der Waals surface area contributed by atoms with Crippen molar-refractivity contribution in [2.75, 3.05) is 0 Å². The molecule has 1 aromatic rings. The lowest BCUT2D eigenvalue weighted by molar-refractivity contribution is 0.382. The van der Waals surface area contributed by atoms with Crippen molar-refractivity contribution in [3.05, 3.63) is 23.3 Å². The topological polar surface area (TPSA) is 40.5 Å². The fourth-order valence-corrected chi connectivity index (χ4v) is 1.96. The van der Waals surface area contributed by atoms with Gasteiger partial charge in [0.1, 0.15) is 0 Å². The van der Waals surface area contributed by atoms with Crippen molar-refractivity contribution in [2.45, 2.75) is 53.4 Å². The molecule has 0 aliphatic heterocycles. The van der Waals surface area contributed by atoms with Crippen LogP contribution in [0.3, 0.4) is 0 Å². The zero-order valence-electron chi connectivity index (χ0n) is 11.8. The second kappa shape index (κ2) is 4.25. The second-order valence-corrected chi connectivity index (χ2v) is 7.00. The van der Waals surface area contributed by atoms with E-state index in [2.05, 4.69) is 20.8 Å². The molecule has 0 saturated heterocycles. The number of aromatic hydroxyl groups is 2. The molecule has 0 saturated carbocycles. The first-order chi connectivity index (χ1) is 7.50. The number of hydrogen-bond acceptors (Lipinski definition) is 2. The maximum Gasteiger partial charge on any atom is 0.161 e. The summed E-state index contributed by atoms with van der Waals surface area (Å²) in [4.78, 5) is 0. The number of hydrogen-bond donors (Lipinski definition) is 2. The summed E-state index contributed by atoms with van der Waals surface area (Å²) in [6, 6.07) is 3.66. The van der Waals surface area contributed by atoms with Crippen molar-refractivity contribution in [3.8, 4) is 11.5 Å². The molecule has 0 aliphatic rings. The van der Waals surface area contributed by atoms with Gasteiger partial charge in [-0.05, 0) is 28.9 Å². The second-order valence-electron chi connectivity index (χ2n) is 7.00. The molecule has 2 N–H and O–H groups in total. The molecule has 96 valence electrons. The SMILES string of the molecule is CC(C)(C)Cc1cc(O)c(O)c(C(C)(C)C)c1. The first-order valence-corrected chi connectivity index (χ1v) is 6.06. The van der Waals surface area contributed by atoms with E-state index >= 15 is 0 Å². The van der Waals surface area contributed by atoms with Crippen LogP contribution in [0.1, 0.15) is 52.7 Å². The Hall–Kier alpha value is -1.18. The highest BCUT2D eigenvalue weighted by molar-refractivity contribution is 5.50. The van der Waals surface area contributed by atoms with Gasteiger partial charge in [0, 0.05) is 5.56 Å². The van der Waals surface area contributed by atoms with Gasteiger partial charge in [-0.1, -0.05) is 47.6 Å². The van der Waals surface area contributed by atoms with Gasteiger partial charge in [0.2, 0.25) is 0 Å². The maximum absolute atomic E-state index is 9.91. The Morgan fingerprint density at radius 1 is 0.941 bits per heavy atom. The Labute approximate surface area is 104 Å². The van der Waals surface area contributed by atoms with Crippen molar-refractivity contribution < 1.29 is 10.2 Å². The summed E-state index contributed by atoms with van der Waals surface area (Å²) < 4.78 is 0. The minimum atomic E-state index is -0.171. The van der Waals surface area contributed by atoms with Gasteiger partial charge in [-0.3, -0.25) is 0 Å². The summed E-state index contributed by atoms with van der Waals surface area (Å²) in [6.45, 7) is 12.6. The van der Waals surface area contributed by atoms with E-state index in [4.69, 9.17) is 0 Å². The van der Waals surface area contributed by atoms with Crippen molar-refractivity contribution in [1.29, 1.82) is 0 Å². The maximum atomic E-state index is 9.91. The zero-order chi connectivity index (χ0) is 13.4. The third kappa shape index (κ3) is 3.65. The minimum absolute atomic E-state index is 0.00941. The van der Waals surface area contributed by atoms with Crippen molar-refractivity contribution in [3.63, 3.8) is 0 Å². The van der Waals surface area contributed by atoms with E-state index < -0.39 is 0 Å². The Morgan fingerprint density at radius 2 is 1.47 bits per heavy atom. The van der Waals surface area contributed by atoms with Crippen LogP contribution in [0.4, 0.5) is 0 Å². The number of phenols is 2. The monoisotopic (exact) mass is 236 g/mol. The molecule has 0 fully saturated rings. The molecule has 1 rings (SSSR count). The van der Waals surface area contributed by atoms with E-state index in [-0.39, 0.29) is 22.3 Å². The van der Waals surface area contributed by atoms with E-state index in [9.17, 15) is 10.2 Å². The minimum Gasteiger partial charge on any atom is -0.504 e. The lowest BCUT2D eigenvalue weighted by atomic mass is 9.82. The normalized spacial score (nSPS) is 12.8. The number of benzene rings is 1. The molecular weight excluding hydrogens is 212 g/mol. The molecule has 1 aromatic carbocycles. The van der Waals surface area contributed by atoms with E-state index in [0.29, 0.717) is 0 Å². The zero-order valence-corrected chi connectivity index (χ0v) is 11.8. The van der Waals surface area contributed by atoms with Crippen LogP contribution in [0.25, 0.3) is 0 Å². The largest absolute Gasteiger partial charge is 0.504 e. The fourth-order valence-electron chi connectivity index (χ4n) is 1.96. The Kier molecular flexibility index (Phi) is 3.47. The van der Waals surface area contributed by atoms with Crippen molar-refractivity contribution in [2.24, 2.45) is 5.41 Å². The summed E-state index contributed by atoms with van der Waals surface area (Å²) in [5.74, 6) is -0.00756. The van der Waals surface area contributed by atoms with Gasteiger partial charge >= 0.3 is 0 Å². The molecule has 0 aliphatic carbocycles. The van der Waals surface area contributed by atoms with Crippen LogP contribution in [0.5, 0.6) is 11.5 Å². The Bertz CT molecular complexity index is 406.